The van der Waals surface area contributed by atoms with Crippen LogP contribution in [0, 0.1) is 22.7 Å². The van der Waals surface area contributed by atoms with Gasteiger partial charge in [0.25, 0.3) is 0 Å². The van der Waals surface area contributed by atoms with Crippen molar-refractivity contribution in [1.29, 1.82) is 5.26 Å². The van der Waals surface area contributed by atoms with Crippen LogP contribution in [0.5, 0.6) is 0 Å². The van der Waals surface area contributed by atoms with Crippen molar-refractivity contribution in [2.45, 2.75) is 31.8 Å². The molecule has 0 bridgehead atoms. The van der Waals surface area contributed by atoms with Crippen LogP contribution in [0.3, 0.4) is 0 Å². The molecule has 1 N–H and O–H groups in total. The third kappa shape index (κ3) is 3.74. The molecule has 0 unspecified atom stereocenters. The van der Waals surface area contributed by atoms with E-state index >= 15 is 0 Å². The molecule has 1 aromatic heterocycles. The van der Waals surface area contributed by atoms with Gasteiger partial charge in [0, 0.05) is 32.3 Å². The molecule has 0 amide bonds. The Labute approximate surface area is 136 Å². The van der Waals surface area contributed by atoms with Crippen molar-refractivity contribution in [1.82, 2.24) is 14.5 Å². The summed E-state index contributed by atoms with van der Waals surface area (Å²) in [5.74, 6) is -0.0216. The van der Waals surface area contributed by atoms with Gasteiger partial charge in [-0.2, -0.15) is 10.4 Å². The summed E-state index contributed by atoms with van der Waals surface area (Å²) in [7, 11) is -1.58. The van der Waals surface area contributed by atoms with E-state index in [0.29, 0.717) is 26.0 Å². The zero-order chi connectivity index (χ0) is 16.5. The SMILES string of the molecule is Cn1nccc1[C@@H]1OCCC[C@H]1CNS(=O)(=O)CC1(C#N)CC1. The number of rotatable bonds is 6. The quantitative estimate of drug-likeness (QED) is 0.838. The molecule has 1 aliphatic carbocycles. The Morgan fingerprint density at radius 3 is 2.96 bits per heavy atom. The minimum Gasteiger partial charge on any atom is -0.372 e. The predicted molar refractivity (Wildman–Crippen MR) is 83.7 cm³/mol. The molecule has 1 aliphatic heterocycles. The molecule has 1 saturated heterocycles. The van der Waals surface area contributed by atoms with E-state index in [2.05, 4.69) is 15.9 Å². The lowest BCUT2D eigenvalue weighted by Gasteiger charge is -2.32. The van der Waals surface area contributed by atoms with E-state index in [1.807, 2.05) is 13.1 Å². The highest BCUT2D eigenvalue weighted by molar-refractivity contribution is 7.89. The smallest absolute Gasteiger partial charge is 0.213 e. The summed E-state index contributed by atoms with van der Waals surface area (Å²) < 4.78 is 34.8. The molecule has 23 heavy (non-hydrogen) atoms. The molecular weight excluding hydrogens is 316 g/mol. The Kier molecular flexibility index (Phi) is 4.45. The van der Waals surface area contributed by atoms with Gasteiger partial charge in [0.1, 0.15) is 6.10 Å². The average molecular weight is 338 g/mol. The first-order valence-electron chi connectivity index (χ1n) is 7.93. The monoisotopic (exact) mass is 338 g/mol. The van der Waals surface area contributed by atoms with E-state index in [1.165, 1.54) is 0 Å². The Balaban J connectivity index is 1.64. The lowest BCUT2D eigenvalue weighted by molar-refractivity contribution is -0.0307. The molecule has 7 nitrogen and oxygen atoms in total. The fourth-order valence-corrected chi connectivity index (χ4v) is 4.78. The van der Waals surface area contributed by atoms with Crippen molar-refractivity contribution in [2.24, 2.45) is 18.4 Å². The number of nitrogens with zero attached hydrogens (tertiary/aromatic N) is 3. The van der Waals surface area contributed by atoms with Gasteiger partial charge in [0.2, 0.25) is 10.0 Å². The standard InChI is InChI=1S/C15H22N4O3S/c1-19-13(4-7-17-19)14-12(3-2-8-22-14)9-18-23(20,21)11-15(10-16)5-6-15/h4,7,12,14,18H,2-3,5-6,8-9,11H2,1H3/t12-,14+/m0/s1. The molecule has 2 atom stereocenters. The number of aryl methyl sites for hydroxylation is 1. The van der Waals surface area contributed by atoms with Crippen molar-refractivity contribution in [2.75, 3.05) is 18.9 Å². The highest BCUT2D eigenvalue weighted by Crippen LogP contribution is 2.45. The molecule has 0 radical (unpaired) electrons. The lowest BCUT2D eigenvalue weighted by Crippen LogP contribution is -2.38. The molecule has 0 aromatic carbocycles. The molecule has 126 valence electrons. The van der Waals surface area contributed by atoms with Gasteiger partial charge in [0.15, 0.2) is 0 Å². The van der Waals surface area contributed by atoms with Crippen molar-refractivity contribution in [3.8, 4) is 6.07 Å². The fraction of sp³-hybridized carbons (Fsp3) is 0.733. The summed E-state index contributed by atoms with van der Waals surface area (Å²) >= 11 is 0. The number of hydrogen-bond acceptors (Lipinski definition) is 5. The summed E-state index contributed by atoms with van der Waals surface area (Å²) in [6.45, 7) is 1.01. The third-order valence-corrected chi connectivity index (χ3v) is 6.26. The van der Waals surface area contributed by atoms with Crippen molar-refractivity contribution in [3.63, 3.8) is 0 Å². The van der Waals surface area contributed by atoms with Gasteiger partial charge in [-0.15, -0.1) is 0 Å². The van der Waals surface area contributed by atoms with E-state index in [-0.39, 0.29) is 17.8 Å². The van der Waals surface area contributed by atoms with Crippen LogP contribution in [-0.2, 0) is 21.8 Å². The first-order chi connectivity index (χ1) is 10.9. The molecule has 0 spiro atoms. The molecule has 1 saturated carbocycles. The zero-order valence-electron chi connectivity index (χ0n) is 13.2. The van der Waals surface area contributed by atoms with Crippen LogP contribution < -0.4 is 4.72 Å². The average Bonchev–Trinajstić information content (AvgIpc) is 3.16. The van der Waals surface area contributed by atoms with Crippen molar-refractivity contribution in [3.05, 3.63) is 18.0 Å². The number of nitriles is 1. The van der Waals surface area contributed by atoms with Crippen LogP contribution >= 0.6 is 0 Å². The van der Waals surface area contributed by atoms with E-state index < -0.39 is 15.4 Å². The van der Waals surface area contributed by atoms with Crippen molar-refractivity contribution >= 4 is 10.0 Å². The molecule has 2 heterocycles. The normalized spacial score (nSPS) is 26.6. The maximum Gasteiger partial charge on any atom is 0.213 e. The Morgan fingerprint density at radius 1 is 1.57 bits per heavy atom. The van der Waals surface area contributed by atoms with Crippen LogP contribution in [0.15, 0.2) is 12.3 Å². The van der Waals surface area contributed by atoms with Gasteiger partial charge >= 0.3 is 0 Å². The second-order valence-corrected chi connectivity index (χ2v) is 8.38. The van der Waals surface area contributed by atoms with Crippen LogP contribution in [0.2, 0.25) is 0 Å². The molecular formula is C15H22N4O3S. The summed E-state index contributed by atoms with van der Waals surface area (Å²) in [5.41, 5.74) is 0.306. The second kappa shape index (κ2) is 6.23. The van der Waals surface area contributed by atoms with Crippen LogP contribution in [0.25, 0.3) is 0 Å². The maximum atomic E-state index is 12.2. The number of aromatic nitrogens is 2. The third-order valence-electron chi connectivity index (χ3n) is 4.72. The number of ether oxygens (including phenoxy) is 1. The molecule has 3 rings (SSSR count). The molecule has 1 aromatic rings. The minimum atomic E-state index is -3.44. The van der Waals surface area contributed by atoms with Gasteiger partial charge < -0.3 is 4.74 Å². The molecule has 2 aliphatic rings. The van der Waals surface area contributed by atoms with E-state index in [0.717, 1.165) is 18.5 Å². The zero-order valence-corrected chi connectivity index (χ0v) is 14.1. The van der Waals surface area contributed by atoms with Gasteiger partial charge in [-0.05, 0) is 31.7 Å². The van der Waals surface area contributed by atoms with Gasteiger partial charge in [0.05, 0.1) is 22.9 Å². The lowest BCUT2D eigenvalue weighted by atomic mass is 9.92. The fourth-order valence-electron chi connectivity index (χ4n) is 3.13. The summed E-state index contributed by atoms with van der Waals surface area (Å²) in [6, 6.07) is 4.04. The Bertz CT molecular complexity index is 703. The number of nitrogens with one attached hydrogen (secondary N) is 1. The second-order valence-electron chi connectivity index (χ2n) is 6.57. The number of hydrogen-bond donors (Lipinski definition) is 1. The largest absolute Gasteiger partial charge is 0.372 e. The predicted octanol–water partition coefficient (Wildman–Crippen LogP) is 1.11. The summed E-state index contributed by atoms with van der Waals surface area (Å²) in [5, 5.41) is 13.2. The maximum absolute atomic E-state index is 12.2. The van der Waals surface area contributed by atoms with E-state index in [9.17, 15) is 8.42 Å². The topological polar surface area (TPSA) is 97.0 Å². The van der Waals surface area contributed by atoms with Crippen LogP contribution in [-0.4, -0.2) is 37.1 Å². The Morgan fingerprint density at radius 2 is 2.35 bits per heavy atom. The van der Waals surface area contributed by atoms with Crippen LogP contribution in [0.1, 0.15) is 37.5 Å². The van der Waals surface area contributed by atoms with Gasteiger partial charge in [-0.3, -0.25) is 4.68 Å². The molecule has 8 heteroatoms. The highest BCUT2D eigenvalue weighted by Gasteiger charge is 2.47. The molecule has 2 fully saturated rings. The highest BCUT2D eigenvalue weighted by atomic mass is 32.2. The van der Waals surface area contributed by atoms with E-state index in [1.54, 1.807) is 10.9 Å². The van der Waals surface area contributed by atoms with Crippen molar-refractivity contribution < 1.29 is 13.2 Å². The summed E-state index contributed by atoms with van der Waals surface area (Å²) in [6.07, 6.45) is 4.75. The van der Waals surface area contributed by atoms with E-state index in [4.69, 9.17) is 10.00 Å². The first kappa shape index (κ1) is 16.4. The summed E-state index contributed by atoms with van der Waals surface area (Å²) in [4.78, 5) is 0. The van der Waals surface area contributed by atoms with Gasteiger partial charge in [-0.1, -0.05) is 0 Å². The van der Waals surface area contributed by atoms with Crippen LogP contribution in [0.4, 0.5) is 0 Å². The number of sulfonamides is 1. The van der Waals surface area contributed by atoms with Gasteiger partial charge in [-0.25, -0.2) is 13.1 Å². The minimum absolute atomic E-state index is 0.0752. The Hall–Kier alpha value is -1.43. The first-order valence-corrected chi connectivity index (χ1v) is 9.58.